The summed E-state index contributed by atoms with van der Waals surface area (Å²) in [5.74, 6) is -0.0205. The Kier molecular flexibility index (Phi) is 8.34. The number of halogens is 1. The SMILES string of the molecule is Cc1ccc(C)c(NC(=O)CSc2nc3cc(Cl)ccc3c(=O)n2CCCOC(C)C)c1. The Hall–Kier alpha value is -2.35. The van der Waals surface area contributed by atoms with Gasteiger partial charge in [-0.1, -0.05) is 35.5 Å². The number of nitrogens with one attached hydrogen (secondary N) is 1. The average molecular weight is 474 g/mol. The molecular formula is C24H28ClN3O3S. The van der Waals surface area contributed by atoms with E-state index >= 15 is 0 Å². The fourth-order valence-corrected chi connectivity index (χ4v) is 4.20. The van der Waals surface area contributed by atoms with E-state index in [9.17, 15) is 9.59 Å². The first-order chi connectivity index (χ1) is 15.2. The Morgan fingerprint density at radius 3 is 2.75 bits per heavy atom. The summed E-state index contributed by atoms with van der Waals surface area (Å²) in [6, 6.07) is 11.0. The summed E-state index contributed by atoms with van der Waals surface area (Å²) in [5.41, 5.74) is 3.24. The molecule has 3 aromatic rings. The molecule has 8 heteroatoms. The number of fused-ring (bicyclic) bond motifs is 1. The summed E-state index contributed by atoms with van der Waals surface area (Å²) >= 11 is 7.34. The van der Waals surface area contributed by atoms with E-state index in [0.717, 1.165) is 16.8 Å². The van der Waals surface area contributed by atoms with Crippen LogP contribution in [0.1, 0.15) is 31.4 Å². The summed E-state index contributed by atoms with van der Waals surface area (Å²) in [5, 5.41) is 4.45. The molecule has 0 radical (unpaired) electrons. The molecule has 6 nitrogen and oxygen atoms in total. The van der Waals surface area contributed by atoms with Crippen LogP contribution in [0.3, 0.4) is 0 Å². The smallest absolute Gasteiger partial charge is 0.262 e. The minimum atomic E-state index is -0.154. The van der Waals surface area contributed by atoms with Crippen LogP contribution in [0.5, 0.6) is 0 Å². The zero-order valence-electron chi connectivity index (χ0n) is 18.8. The van der Waals surface area contributed by atoms with Crippen LogP contribution < -0.4 is 10.9 Å². The molecule has 0 aliphatic carbocycles. The first kappa shape index (κ1) is 24.3. The van der Waals surface area contributed by atoms with E-state index in [4.69, 9.17) is 16.3 Å². The minimum absolute atomic E-state index is 0.131. The highest BCUT2D eigenvalue weighted by Gasteiger charge is 2.14. The molecule has 2 aromatic carbocycles. The molecule has 0 aliphatic heterocycles. The third-order valence-electron chi connectivity index (χ3n) is 4.86. The van der Waals surface area contributed by atoms with Gasteiger partial charge in [0.15, 0.2) is 5.16 Å². The number of thioether (sulfide) groups is 1. The molecule has 170 valence electrons. The Bertz CT molecular complexity index is 1180. The summed E-state index contributed by atoms with van der Waals surface area (Å²) in [6.45, 7) is 8.88. The number of aryl methyl sites for hydroxylation is 2. The molecule has 32 heavy (non-hydrogen) atoms. The van der Waals surface area contributed by atoms with E-state index in [-0.39, 0.29) is 23.3 Å². The number of carbonyl (C=O) groups excluding carboxylic acids is 1. The molecule has 0 bridgehead atoms. The number of anilines is 1. The monoisotopic (exact) mass is 473 g/mol. The lowest BCUT2D eigenvalue weighted by atomic mass is 10.1. The highest BCUT2D eigenvalue weighted by Crippen LogP contribution is 2.22. The highest BCUT2D eigenvalue weighted by atomic mass is 35.5. The van der Waals surface area contributed by atoms with Gasteiger partial charge in [-0.2, -0.15) is 0 Å². The van der Waals surface area contributed by atoms with Crippen molar-refractivity contribution >= 4 is 45.9 Å². The van der Waals surface area contributed by atoms with Crippen molar-refractivity contribution in [3.63, 3.8) is 0 Å². The molecule has 0 saturated heterocycles. The number of amides is 1. The number of carbonyl (C=O) groups is 1. The summed E-state index contributed by atoms with van der Waals surface area (Å²) in [4.78, 5) is 30.4. The number of hydrogen-bond acceptors (Lipinski definition) is 5. The van der Waals surface area contributed by atoms with Gasteiger partial charge in [-0.3, -0.25) is 14.2 Å². The number of benzene rings is 2. The van der Waals surface area contributed by atoms with Crippen LogP contribution in [-0.4, -0.2) is 33.9 Å². The lowest BCUT2D eigenvalue weighted by Gasteiger charge is -2.14. The van der Waals surface area contributed by atoms with Crippen molar-refractivity contribution in [2.75, 3.05) is 17.7 Å². The van der Waals surface area contributed by atoms with Crippen LogP contribution >= 0.6 is 23.4 Å². The number of rotatable bonds is 9. The second-order valence-corrected chi connectivity index (χ2v) is 9.32. The molecule has 0 fully saturated rings. The van der Waals surface area contributed by atoms with Crippen LogP contribution in [0.15, 0.2) is 46.3 Å². The molecule has 0 aliphatic rings. The van der Waals surface area contributed by atoms with E-state index in [1.165, 1.54) is 11.8 Å². The van der Waals surface area contributed by atoms with Gasteiger partial charge in [0, 0.05) is 23.9 Å². The largest absolute Gasteiger partial charge is 0.379 e. The zero-order valence-corrected chi connectivity index (χ0v) is 20.3. The molecule has 1 N–H and O–H groups in total. The van der Waals surface area contributed by atoms with Crippen molar-refractivity contribution in [3.8, 4) is 0 Å². The van der Waals surface area contributed by atoms with E-state index in [1.54, 1.807) is 22.8 Å². The molecule has 1 heterocycles. The number of aromatic nitrogens is 2. The lowest BCUT2D eigenvalue weighted by Crippen LogP contribution is -2.25. The summed E-state index contributed by atoms with van der Waals surface area (Å²) < 4.78 is 7.23. The van der Waals surface area contributed by atoms with Crippen molar-refractivity contribution < 1.29 is 9.53 Å². The molecule has 0 spiro atoms. The average Bonchev–Trinajstić information content (AvgIpc) is 2.73. The van der Waals surface area contributed by atoms with Gasteiger partial charge in [-0.25, -0.2) is 4.98 Å². The first-order valence-electron chi connectivity index (χ1n) is 10.6. The van der Waals surface area contributed by atoms with Crippen LogP contribution in [0.2, 0.25) is 5.02 Å². The maximum atomic E-state index is 13.1. The van der Waals surface area contributed by atoms with E-state index in [0.29, 0.717) is 40.7 Å². The zero-order chi connectivity index (χ0) is 23.3. The van der Waals surface area contributed by atoms with E-state index in [1.807, 2.05) is 45.9 Å². The van der Waals surface area contributed by atoms with Crippen LogP contribution in [-0.2, 0) is 16.1 Å². The maximum absolute atomic E-state index is 13.1. The van der Waals surface area contributed by atoms with Gasteiger partial charge in [0.05, 0.1) is 22.8 Å². The molecule has 0 atom stereocenters. The normalized spacial score (nSPS) is 11.3. The van der Waals surface area contributed by atoms with Crippen molar-refractivity contribution in [3.05, 3.63) is 62.9 Å². The second kappa shape index (κ2) is 11.0. The second-order valence-electron chi connectivity index (χ2n) is 7.94. The number of nitrogens with zero attached hydrogens (tertiary/aromatic N) is 2. The van der Waals surface area contributed by atoms with Crippen molar-refractivity contribution in [1.29, 1.82) is 0 Å². The standard InChI is InChI=1S/C24H28ClN3O3S/c1-15(2)31-11-5-10-28-23(30)19-9-8-18(25)13-21(19)27-24(28)32-14-22(29)26-20-12-16(3)6-7-17(20)4/h6-9,12-13,15H,5,10-11,14H2,1-4H3,(H,26,29). The fraction of sp³-hybridized carbons (Fsp3) is 0.375. The van der Waals surface area contributed by atoms with Gasteiger partial charge in [-0.15, -0.1) is 0 Å². The third kappa shape index (κ3) is 6.34. The van der Waals surface area contributed by atoms with E-state index < -0.39 is 0 Å². The van der Waals surface area contributed by atoms with Crippen molar-refractivity contribution in [2.24, 2.45) is 0 Å². The van der Waals surface area contributed by atoms with Crippen LogP contribution in [0.4, 0.5) is 5.69 Å². The van der Waals surface area contributed by atoms with Crippen LogP contribution in [0.25, 0.3) is 10.9 Å². The van der Waals surface area contributed by atoms with Gasteiger partial charge in [0.1, 0.15) is 0 Å². The molecular weight excluding hydrogens is 446 g/mol. The predicted octanol–water partition coefficient (Wildman–Crippen LogP) is 5.21. The molecule has 3 rings (SSSR count). The Morgan fingerprint density at radius 1 is 1.22 bits per heavy atom. The quantitative estimate of drug-likeness (QED) is 0.262. The van der Waals surface area contributed by atoms with Crippen molar-refractivity contribution in [2.45, 2.75) is 51.9 Å². The first-order valence-corrected chi connectivity index (χ1v) is 11.9. The van der Waals surface area contributed by atoms with Gasteiger partial charge in [0.25, 0.3) is 5.56 Å². The predicted molar refractivity (Wildman–Crippen MR) is 132 cm³/mol. The van der Waals surface area contributed by atoms with Crippen LogP contribution in [0, 0.1) is 13.8 Å². The fourth-order valence-electron chi connectivity index (χ4n) is 3.21. The van der Waals surface area contributed by atoms with Gasteiger partial charge in [0.2, 0.25) is 5.91 Å². The summed E-state index contributed by atoms with van der Waals surface area (Å²) in [7, 11) is 0. The molecule has 0 unspecified atom stereocenters. The number of ether oxygens (including phenoxy) is 1. The lowest BCUT2D eigenvalue weighted by molar-refractivity contribution is -0.113. The Labute approximate surface area is 197 Å². The molecule has 0 saturated carbocycles. The van der Waals surface area contributed by atoms with Gasteiger partial charge < -0.3 is 10.1 Å². The van der Waals surface area contributed by atoms with Gasteiger partial charge >= 0.3 is 0 Å². The highest BCUT2D eigenvalue weighted by molar-refractivity contribution is 7.99. The van der Waals surface area contributed by atoms with Gasteiger partial charge in [-0.05, 0) is 69.5 Å². The van der Waals surface area contributed by atoms with E-state index in [2.05, 4.69) is 10.3 Å². The maximum Gasteiger partial charge on any atom is 0.262 e. The molecule has 1 amide bonds. The minimum Gasteiger partial charge on any atom is -0.379 e. The molecule has 1 aromatic heterocycles. The Morgan fingerprint density at radius 2 is 2.00 bits per heavy atom. The van der Waals surface area contributed by atoms with Crippen molar-refractivity contribution in [1.82, 2.24) is 9.55 Å². The Balaban J connectivity index is 1.81. The number of hydrogen-bond donors (Lipinski definition) is 1. The topological polar surface area (TPSA) is 73.2 Å². The summed E-state index contributed by atoms with van der Waals surface area (Å²) in [6.07, 6.45) is 0.799. The third-order valence-corrected chi connectivity index (χ3v) is 6.07.